The first-order valence-corrected chi connectivity index (χ1v) is 8.61. The molecule has 0 spiro atoms. The molecular weight excluding hydrogens is 360 g/mol. The number of rotatable bonds is 4. The summed E-state index contributed by atoms with van der Waals surface area (Å²) in [6.45, 7) is 3.41. The molecule has 2 aromatic rings. The van der Waals surface area contributed by atoms with E-state index in [4.69, 9.17) is 4.52 Å². The van der Waals surface area contributed by atoms with E-state index in [0.29, 0.717) is 23.2 Å². The van der Waals surface area contributed by atoms with Crippen LogP contribution in [-0.2, 0) is 5.60 Å². The van der Waals surface area contributed by atoms with Gasteiger partial charge in [-0.05, 0) is 41.3 Å². The van der Waals surface area contributed by atoms with Gasteiger partial charge in [-0.15, -0.1) is 0 Å². The third-order valence-electron chi connectivity index (χ3n) is 4.76. The van der Waals surface area contributed by atoms with Crippen molar-refractivity contribution in [1.82, 2.24) is 10.1 Å². The van der Waals surface area contributed by atoms with Crippen molar-refractivity contribution in [3.05, 3.63) is 52.3 Å². The Morgan fingerprint density at radius 1 is 1.26 bits per heavy atom. The van der Waals surface area contributed by atoms with Crippen LogP contribution in [0.25, 0.3) is 0 Å². The second-order valence-corrected chi connectivity index (χ2v) is 6.98. The molecule has 0 saturated carbocycles. The van der Waals surface area contributed by atoms with Gasteiger partial charge >= 0.3 is 0 Å². The molecule has 2 unspecified atom stereocenters. The molecule has 0 radical (unpaired) electrons. The molecule has 0 bridgehead atoms. The zero-order chi connectivity index (χ0) is 16.4. The SMILES string of the molecule is CC(C(O)c1cc(Br)no1)N1CCC(O)(c2ccccc2)CC1. The van der Waals surface area contributed by atoms with Gasteiger partial charge in [-0.3, -0.25) is 4.90 Å². The van der Waals surface area contributed by atoms with E-state index in [1.807, 2.05) is 37.3 Å². The van der Waals surface area contributed by atoms with E-state index < -0.39 is 11.7 Å². The average Bonchev–Trinajstić information content (AvgIpc) is 3.01. The van der Waals surface area contributed by atoms with E-state index >= 15 is 0 Å². The topological polar surface area (TPSA) is 69.7 Å². The van der Waals surface area contributed by atoms with Crippen molar-refractivity contribution in [2.24, 2.45) is 0 Å². The third-order valence-corrected chi connectivity index (χ3v) is 5.13. The summed E-state index contributed by atoms with van der Waals surface area (Å²) < 4.78 is 5.70. The molecule has 0 amide bonds. The van der Waals surface area contributed by atoms with Gasteiger partial charge < -0.3 is 14.7 Å². The van der Waals surface area contributed by atoms with Crippen LogP contribution in [0.5, 0.6) is 0 Å². The van der Waals surface area contributed by atoms with Crippen LogP contribution in [0.2, 0.25) is 0 Å². The van der Waals surface area contributed by atoms with Gasteiger partial charge in [0.05, 0.1) is 5.60 Å². The molecule has 0 aliphatic carbocycles. The van der Waals surface area contributed by atoms with Crippen LogP contribution in [0.4, 0.5) is 0 Å². The Morgan fingerprint density at radius 3 is 2.48 bits per heavy atom. The van der Waals surface area contributed by atoms with E-state index in [-0.39, 0.29) is 6.04 Å². The van der Waals surface area contributed by atoms with Crippen molar-refractivity contribution in [2.75, 3.05) is 13.1 Å². The summed E-state index contributed by atoms with van der Waals surface area (Å²) in [6, 6.07) is 11.4. The molecule has 2 N–H and O–H groups in total. The number of piperidine rings is 1. The van der Waals surface area contributed by atoms with Crippen molar-refractivity contribution < 1.29 is 14.7 Å². The van der Waals surface area contributed by atoms with E-state index in [9.17, 15) is 10.2 Å². The minimum absolute atomic E-state index is 0.102. The van der Waals surface area contributed by atoms with Crippen LogP contribution in [-0.4, -0.2) is 39.4 Å². The van der Waals surface area contributed by atoms with E-state index in [0.717, 1.165) is 18.7 Å². The van der Waals surface area contributed by atoms with Crippen LogP contribution in [0.15, 0.2) is 45.5 Å². The molecule has 1 aliphatic rings. The van der Waals surface area contributed by atoms with Gasteiger partial charge in [0.1, 0.15) is 10.7 Å². The molecule has 1 aliphatic heterocycles. The lowest BCUT2D eigenvalue weighted by atomic mass is 9.84. The highest BCUT2D eigenvalue weighted by atomic mass is 79.9. The fourth-order valence-electron chi connectivity index (χ4n) is 3.18. The lowest BCUT2D eigenvalue weighted by molar-refractivity contribution is -0.0531. The summed E-state index contributed by atoms with van der Waals surface area (Å²) >= 11 is 3.22. The van der Waals surface area contributed by atoms with Crippen molar-refractivity contribution in [2.45, 2.75) is 37.5 Å². The van der Waals surface area contributed by atoms with Crippen molar-refractivity contribution in [1.29, 1.82) is 0 Å². The standard InChI is InChI=1S/C17H21BrN2O3/c1-12(16(21)14-11-15(18)19-23-14)20-9-7-17(22,8-10-20)13-5-3-2-4-6-13/h2-6,11-12,16,21-22H,7-10H2,1H3. The zero-order valence-electron chi connectivity index (χ0n) is 13.0. The quantitative estimate of drug-likeness (QED) is 0.853. The first kappa shape index (κ1) is 16.6. The number of hydrogen-bond acceptors (Lipinski definition) is 5. The third kappa shape index (κ3) is 3.50. The lowest BCUT2D eigenvalue weighted by Gasteiger charge is -2.41. The number of aliphatic hydroxyl groups excluding tert-OH is 1. The second-order valence-electron chi connectivity index (χ2n) is 6.17. The number of aromatic nitrogens is 1. The summed E-state index contributed by atoms with van der Waals surface area (Å²) in [4.78, 5) is 2.18. The molecule has 23 heavy (non-hydrogen) atoms. The zero-order valence-corrected chi connectivity index (χ0v) is 14.6. The smallest absolute Gasteiger partial charge is 0.167 e. The molecule has 1 fully saturated rings. The molecular formula is C17H21BrN2O3. The normalized spacial score (nSPS) is 21.0. The maximum Gasteiger partial charge on any atom is 0.167 e. The van der Waals surface area contributed by atoms with Crippen LogP contribution in [0, 0.1) is 0 Å². The molecule has 5 nitrogen and oxygen atoms in total. The average molecular weight is 381 g/mol. The monoisotopic (exact) mass is 380 g/mol. The van der Waals surface area contributed by atoms with Crippen molar-refractivity contribution in [3.63, 3.8) is 0 Å². The summed E-state index contributed by atoms with van der Waals surface area (Å²) in [6.07, 6.45) is 0.555. The predicted molar refractivity (Wildman–Crippen MR) is 89.8 cm³/mol. The van der Waals surface area contributed by atoms with E-state index in [1.54, 1.807) is 6.07 Å². The minimum Gasteiger partial charge on any atom is -0.385 e. The Hall–Kier alpha value is -1.21. The maximum atomic E-state index is 10.9. The number of likely N-dealkylation sites (tertiary alicyclic amines) is 1. The van der Waals surface area contributed by atoms with Crippen LogP contribution in [0.3, 0.4) is 0 Å². The molecule has 6 heteroatoms. The Bertz CT molecular complexity index is 638. The second kappa shape index (κ2) is 6.73. The predicted octanol–water partition coefficient (Wildman–Crippen LogP) is 2.84. The molecule has 3 rings (SSSR count). The Morgan fingerprint density at radius 2 is 1.91 bits per heavy atom. The highest BCUT2D eigenvalue weighted by Crippen LogP contribution is 2.35. The molecule has 1 aromatic heterocycles. The van der Waals surface area contributed by atoms with E-state index in [2.05, 4.69) is 26.0 Å². The number of aliphatic hydroxyl groups is 2. The largest absolute Gasteiger partial charge is 0.385 e. The fourth-order valence-corrected chi connectivity index (χ4v) is 3.48. The highest BCUT2D eigenvalue weighted by molar-refractivity contribution is 9.10. The van der Waals surface area contributed by atoms with Crippen LogP contribution < -0.4 is 0 Å². The van der Waals surface area contributed by atoms with Gasteiger partial charge in [0.15, 0.2) is 5.76 Å². The summed E-state index contributed by atoms with van der Waals surface area (Å²) in [5.74, 6) is 0.452. The van der Waals surface area contributed by atoms with Gasteiger partial charge in [-0.1, -0.05) is 35.5 Å². The molecule has 1 saturated heterocycles. The van der Waals surface area contributed by atoms with Crippen molar-refractivity contribution >= 4 is 15.9 Å². The van der Waals surface area contributed by atoms with Gasteiger partial charge in [0.2, 0.25) is 0 Å². The maximum absolute atomic E-state index is 10.9. The van der Waals surface area contributed by atoms with Gasteiger partial charge in [0.25, 0.3) is 0 Å². The first-order valence-electron chi connectivity index (χ1n) is 7.82. The lowest BCUT2D eigenvalue weighted by Crippen LogP contribution is -2.47. The van der Waals surface area contributed by atoms with Crippen LogP contribution >= 0.6 is 15.9 Å². The minimum atomic E-state index is -0.780. The first-order chi connectivity index (χ1) is 11.0. The van der Waals surface area contributed by atoms with Crippen LogP contribution in [0.1, 0.15) is 37.2 Å². The van der Waals surface area contributed by atoms with Gasteiger partial charge in [0, 0.05) is 25.2 Å². The number of benzene rings is 1. The van der Waals surface area contributed by atoms with Gasteiger partial charge in [-0.2, -0.15) is 0 Å². The summed E-state index contributed by atoms with van der Waals surface area (Å²) in [7, 11) is 0. The molecule has 124 valence electrons. The Balaban J connectivity index is 1.64. The van der Waals surface area contributed by atoms with Gasteiger partial charge in [-0.25, -0.2) is 0 Å². The Labute approximate surface area is 144 Å². The van der Waals surface area contributed by atoms with E-state index in [1.165, 1.54) is 0 Å². The number of nitrogens with zero attached hydrogens (tertiary/aromatic N) is 2. The molecule has 1 aromatic carbocycles. The number of hydrogen-bond donors (Lipinski definition) is 2. The number of halogens is 1. The molecule has 2 heterocycles. The summed E-state index contributed by atoms with van der Waals surface area (Å²) in [5, 5.41) is 25.1. The van der Waals surface area contributed by atoms with Crippen molar-refractivity contribution in [3.8, 4) is 0 Å². The Kier molecular flexibility index (Phi) is 4.87. The highest BCUT2D eigenvalue weighted by Gasteiger charge is 2.37. The fraction of sp³-hybridized carbons (Fsp3) is 0.471. The molecule has 2 atom stereocenters. The summed E-state index contributed by atoms with van der Waals surface area (Å²) in [5.41, 5.74) is 0.185.